The summed E-state index contributed by atoms with van der Waals surface area (Å²) in [6, 6.07) is 0. The molecule has 0 spiro atoms. The summed E-state index contributed by atoms with van der Waals surface area (Å²) < 4.78 is 0. The number of fused-ring (bicyclic) bond motifs is 3. The first kappa shape index (κ1) is 14.4. The molecular formula is C18H25N3S. The molecule has 1 aliphatic heterocycles. The minimum atomic E-state index is 0.396. The SMILES string of the molecule is CC(C)c1nc(N2CCCC2)c2c3c(sc2n1)CCCCC3. The summed E-state index contributed by atoms with van der Waals surface area (Å²) in [4.78, 5) is 15.3. The van der Waals surface area contributed by atoms with Crippen molar-refractivity contribution in [2.75, 3.05) is 18.0 Å². The van der Waals surface area contributed by atoms with Gasteiger partial charge >= 0.3 is 0 Å². The molecule has 0 radical (unpaired) electrons. The molecule has 118 valence electrons. The van der Waals surface area contributed by atoms with Crippen molar-refractivity contribution in [2.45, 2.75) is 64.7 Å². The number of hydrogen-bond acceptors (Lipinski definition) is 4. The van der Waals surface area contributed by atoms with Crippen LogP contribution in [-0.4, -0.2) is 23.1 Å². The van der Waals surface area contributed by atoms with Crippen LogP contribution in [0.3, 0.4) is 0 Å². The molecule has 2 aromatic heterocycles. The van der Waals surface area contributed by atoms with E-state index in [-0.39, 0.29) is 0 Å². The van der Waals surface area contributed by atoms with E-state index >= 15 is 0 Å². The second-order valence-corrected chi connectivity index (χ2v) is 8.08. The molecule has 0 N–H and O–H groups in total. The summed E-state index contributed by atoms with van der Waals surface area (Å²) in [6.45, 7) is 6.73. The van der Waals surface area contributed by atoms with Gasteiger partial charge in [-0.05, 0) is 44.1 Å². The smallest absolute Gasteiger partial charge is 0.141 e. The summed E-state index contributed by atoms with van der Waals surface area (Å²) in [5.41, 5.74) is 1.58. The van der Waals surface area contributed by atoms with Gasteiger partial charge in [-0.1, -0.05) is 20.3 Å². The minimum absolute atomic E-state index is 0.396. The lowest BCUT2D eigenvalue weighted by molar-refractivity contribution is 0.713. The van der Waals surface area contributed by atoms with Crippen LogP contribution < -0.4 is 4.90 Å². The minimum Gasteiger partial charge on any atom is -0.356 e. The van der Waals surface area contributed by atoms with Gasteiger partial charge in [-0.25, -0.2) is 9.97 Å². The van der Waals surface area contributed by atoms with Crippen LogP contribution >= 0.6 is 11.3 Å². The van der Waals surface area contributed by atoms with Gasteiger partial charge in [-0.15, -0.1) is 11.3 Å². The molecule has 22 heavy (non-hydrogen) atoms. The maximum atomic E-state index is 5.01. The van der Waals surface area contributed by atoms with Crippen molar-refractivity contribution in [1.29, 1.82) is 0 Å². The average Bonchev–Trinajstić information content (AvgIpc) is 3.09. The topological polar surface area (TPSA) is 29.0 Å². The van der Waals surface area contributed by atoms with Gasteiger partial charge in [-0.3, -0.25) is 0 Å². The van der Waals surface area contributed by atoms with Crippen molar-refractivity contribution >= 4 is 27.4 Å². The molecule has 0 bridgehead atoms. The van der Waals surface area contributed by atoms with Gasteiger partial charge in [0, 0.05) is 23.9 Å². The van der Waals surface area contributed by atoms with E-state index < -0.39 is 0 Å². The Labute approximate surface area is 136 Å². The van der Waals surface area contributed by atoms with E-state index in [9.17, 15) is 0 Å². The largest absolute Gasteiger partial charge is 0.356 e. The Morgan fingerprint density at radius 3 is 2.50 bits per heavy atom. The van der Waals surface area contributed by atoms with Crippen molar-refractivity contribution in [1.82, 2.24) is 9.97 Å². The Morgan fingerprint density at radius 2 is 1.73 bits per heavy atom. The molecule has 4 rings (SSSR count). The van der Waals surface area contributed by atoms with Gasteiger partial charge < -0.3 is 4.90 Å². The zero-order valence-corrected chi connectivity index (χ0v) is 14.5. The normalized spacial score (nSPS) is 19.0. The molecular weight excluding hydrogens is 290 g/mol. The second-order valence-electron chi connectivity index (χ2n) is 7.00. The summed E-state index contributed by atoms with van der Waals surface area (Å²) in [6.07, 6.45) is 9.09. The maximum absolute atomic E-state index is 5.01. The molecule has 1 fully saturated rings. The highest BCUT2D eigenvalue weighted by Gasteiger charge is 2.25. The first-order valence-electron chi connectivity index (χ1n) is 8.81. The molecule has 1 saturated heterocycles. The van der Waals surface area contributed by atoms with Crippen molar-refractivity contribution in [3.63, 3.8) is 0 Å². The van der Waals surface area contributed by atoms with Crippen molar-refractivity contribution < 1.29 is 0 Å². The monoisotopic (exact) mass is 315 g/mol. The zero-order chi connectivity index (χ0) is 15.1. The average molecular weight is 315 g/mol. The van der Waals surface area contributed by atoms with E-state index in [0.29, 0.717) is 5.92 Å². The fraction of sp³-hybridized carbons (Fsp3) is 0.667. The maximum Gasteiger partial charge on any atom is 0.141 e. The highest BCUT2D eigenvalue weighted by Crippen LogP contribution is 2.40. The Balaban J connectivity index is 1.93. The van der Waals surface area contributed by atoms with Crippen molar-refractivity contribution in [3.8, 4) is 0 Å². The Morgan fingerprint density at radius 1 is 0.955 bits per heavy atom. The summed E-state index contributed by atoms with van der Waals surface area (Å²) in [5, 5.41) is 1.40. The van der Waals surface area contributed by atoms with E-state index in [2.05, 4.69) is 18.7 Å². The number of anilines is 1. The molecule has 0 unspecified atom stereocenters. The predicted molar refractivity (Wildman–Crippen MR) is 94.2 cm³/mol. The summed E-state index contributed by atoms with van der Waals surface area (Å²) in [7, 11) is 0. The highest BCUT2D eigenvalue weighted by molar-refractivity contribution is 7.19. The molecule has 0 amide bonds. The van der Waals surface area contributed by atoms with Gasteiger partial charge in [0.15, 0.2) is 0 Å². The molecule has 0 saturated carbocycles. The van der Waals surface area contributed by atoms with E-state index in [1.165, 1.54) is 61.0 Å². The zero-order valence-electron chi connectivity index (χ0n) is 13.7. The van der Waals surface area contributed by atoms with Crippen molar-refractivity contribution in [2.24, 2.45) is 0 Å². The number of aromatic nitrogens is 2. The number of nitrogens with zero attached hydrogens (tertiary/aromatic N) is 3. The van der Waals surface area contributed by atoms with Crippen LogP contribution in [0.5, 0.6) is 0 Å². The van der Waals surface area contributed by atoms with E-state index in [0.717, 1.165) is 18.9 Å². The second kappa shape index (κ2) is 5.80. The van der Waals surface area contributed by atoms with E-state index in [1.807, 2.05) is 11.3 Å². The highest BCUT2D eigenvalue weighted by atomic mass is 32.1. The molecule has 0 atom stereocenters. The molecule has 0 aromatic carbocycles. The molecule has 1 aliphatic carbocycles. The molecule has 4 heteroatoms. The van der Waals surface area contributed by atoms with Crippen LogP contribution in [0.4, 0.5) is 5.82 Å². The quantitative estimate of drug-likeness (QED) is 0.753. The fourth-order valence-electron chi connectivity index (χ4n) is 3.75. The van der Waals surface area contributed by atoms with Gasteiger partial charge in [0.2, 0.25) is 0 Å². The molecule has 2 aromatic rings. The van der Waals surface area contributed by atoms with Gasteiger partial charge in [0.05, 0.1) is 5.39 Å². The van der Waals surface area contributed by atoms with Gasteiger partial charge in [-0.2, -0.15) is 0 Å². The fourth-order valence-corrected chi connectivity index (χ4v) is 5.01. The van der Waals surface area contributed by atoms with Crippen molar-refractivity contribution in [3.05, 3.63) is 16.3 Å². The number of rotatable bonds is 2. The van der Waals surface area contributed by atoms with Crippen LogP contribution in [0.1, 0.15) is 68.1 Å². The van der Waals surface area contributed by atoms with Crippen LogP contribution in [0.15, 0.2) is 0 Å². The van der Waals surface area contributed by atoms with Crippen LogP contribution in [0.25, 0.3) is 10.2 Å². The number of thiophene rings is 1. The first-order valence-corrected chi connectivity index (χ1v) is 9.63. The van der Waals surface area contributed by atoms with Gasteiger partial charge in [0.25, 0.3) is 0 Å². The Bertz CT molecular complexity index is 683. The van der Waals surface area contributed by atoms with Crippen LogP contribution in [0, 0.1) is 0 Å². The Kier molecular flexibility index (Phi) is 3.81. The molecule has 2 aliphatic rings. The standard InChI is InChI=1S/C18H25N3S/c1-12(2)16-19-17(21-10-6-7-11-21)15-13-8-4-3-5-9-14(13)22-18(15)20-16/h12H,3-11H2,1-2H3. The lowest BCUT2D eigenvalue weighted by Crippen LogP contribution is -2.20. The van der Waals surface area contributed by atoms with Crippen LogP contribution in [-0.2, 0) is 12.8 Å². The third-order valence-corrected chi connectivity index (χ3v) is 6.17. The molecule has 3 heterocycles. The third-order valence-electron chi connectivity index (χ3n) is 4.98. The lowest BCUT2D eigenvalue weighted by atomic mass is 10.1. The Hall–Kier alpha value is -1.16. The third kappa shape index (κ3) is 2.41. The van der Waals surface area contributed by atoms with E-state index in [1.54, 1.807) is 10.4 Å². The predicted octanol–water partition coefficient (Wildman–Crippen LogP) is 4.68. The lowest BCUT2D eigenvalue weighted by Gasteiger charge is -2.19. The number of hydrogen-bond donors (Lipinski definition) is 0. The molecule has 3 nitrogen and oxygen atoms in total. The first-order chi connectivity index (χ1) is 10.7. The number of aryl methyl sites for hydroxylation is 2. The van der Waals surface area contributed by atoms with Gasteiger partial charge in [0.1, 0.15) is 16.5 Å². The summed E-state index contributed by atoms with van der Waals surface area (Å²) in [5.74, 6) is 2.66. The van der Waals surface area contributed by atoms with E-state index in [4.69, 9.17) is 9.97 Å². The van der Waals surface area contributed by atoms with Crippen LogP contribution in [0.2, 0.25) is 0 Å². The summed E-state index contributed by atoms with van der Waals surface area (Å²) >= 11 is 1.94.